The summed E-state index contributed by atoms with van der Waals surface area (Å²) in [5.74, 6) is 1.11. The summed E-state index contributed by atoms with van der Waals surface area (Å²) >= 11 is 0. The Hall–Kier alpha value is -7.10. The molecule has 3 heterocycles. The highest BCUT2D eigenvalue weighted by Gasteiger charge is 2.33. The highest BCUT2D eigenvalue weighted by molar-refractivity contribution is 6.29. The van der Waals surface area contributed by atoms with Crippen molar-refractivity contribution in [3.05, 3.63) is 187 Å². The molecule has 0 saturated carbocycles. The summed E-state index contributed by atoms with van der Waals surface area (Å²) in [5, 5.41) is 13.9. The van der Waals surface area contributed by atoms with Gasteiger partial charge >= 0.3 is 0 Å². The summed E-state index contributed by atoms with van der Waals surface area (Å²) in [6, 6.07) is 62.5. The second kappa shape index (κ2) is 11.2. The molecule has 3 aromatic heterocycles. The molecule has 9 aromatic carbocycles. The van der Waals surface area contributed by atoms with E-state index in [1.54, 1.807) is 0 Å². The van der Waals surface area contributed by atoms with Crippen molar-refractivity contribution >= 4 is 81.3 Å². The molecule has 3 nitrogen and oxygen atoms in total. The lowest BCUT2D eigenvalue weighted by Gasteiger charge is -2.16. The number of aryl methyl sites for hydroxylation is 1. The van der Waals surface area contributed by atoms with Gasteiger partial charge in [0, 0.05) is 44.8 Å². The van der Waals surface area contributed by atoms with Gasteiger partial charge in [-0.15, -0.1) is 0 Å². The van der Waals surface area contributed by atoms with Gasteiger partial charge in [-0.3, -0.25) is 0 Å². The highest BCUT2D eigenvalue weighted by atomic mass is 14.9. The molecule has 0 bridgehead atoms. The highest BCUT2D eigenvalue weighted by Crippen LogP contribution is 2.54. The van der Waals surface area contributed by atoms with Crippen LogP contribution in [-0.2, 0) is 6.42 Å². The molecule has 1 aliphatic carbocycles. The first-order valence-corrected chi connectivity index (χ1v) is 19.7. The van der Waals surface area contributed by atoms with E-state index in [4.69, 9.17) is 9.97 Å². The predicted octanol–water partition coefficient (Wildman–Crippen LogP) is 13.7. The maximum Gasteiger partial charge on any atom is 0.129 e. The minimum atomic E-state index is 0.216. The average Bonchev–Trinajstić information content (AvgIpc) is 3.88. The third kappa shape index (κ3) is 4.07. The molecule has 0 fully saturated rings. The van der Waals surface area contributed by atoms with Crippen LogP contribution in [0.3, 0.4) is 0 Å². The SMILES string of the molecule is c1ccc2c(c1)-c1c(cc3c4cc5ccccc5cc4n4c5ccccc5c1c34)C2CCc1nc(-c2cc3ccccc3c3ccccc23)c2ccccc2n1. The summed E-state index contributed by atoms with van der Waals surface area (Å²) in [5.41, 5.74) is 12.6. The Balaban J connectivity index is 1.01. The molecule has 3 heteroatoms. The summed E-state index contributed by atoms with van der Waals surface area (Å²) in [7, 11) is 0. The van der Waals surface area contributed by atoms with E-state index in [-0.39, 0.29) is 5.92 Å². The van der Waals surface area contributed by atoms with Crippen LogP contribution in [0.4, 0.5) is 0 Å². The van der Waals surface area contributed by atoms with Crippen LogP contribution in [0, 0.1) is 0 Å². The first-order chi connectivity index (χ1) is 27.8. The summed E-state index contributed by atoms with van der Waals surface area (Å²) in [6.45, 7) is 0. The Morgan fingerprint density at radius 3 is 2.00 bits per heavy atom. The van der Waals surface area contributed by atoms with Gasteiger partial charge in [0.25, 0.3) is 0 Å². The van der Waals surface area contributed by atoms with E-state index >= 15 is 0 Å². The average molecular weight is 712 g/mol. The second-order valence-corrected chi connectivity index (χ2v) is 15.6. The Kier molecular flexibility index (Phi) is 6.06. The molecule has 1 atom stereocenters. The largest absolute Gasteiger partial charge is 0.308 e. The van der Waals surface area contributed by atoms with E-state index in [2.05, 4.69) is 174 Å². The molecule has 0 radical (unpaired) electrons. The normalized spacial score (nSPS) is 14.0. The molecule has 13 rings (SSSR count). The van der Waals surface area contributed by atoms with E-state index < -0.39 is 0 Å². The van der Waals surface area contributed by atoms with Gasteiger partial charge in [0.1, 0.15) is 5.82 Å². The van der Waals surface area contributed by atoms with E-state index in [0.717, 1.165) is 40.8 Å². The number of rotatable bonds is 4. The molecule has 56 heavy (non-hydrogen) atoms. The molecule has 1 aliphatic rings. The lowest BCUT2D eigenvalue weighted by Crippen LogP contribution is -2.04. The van der Waals surface area contributed by atoms with Crippen LogP contribution in [-0.4, -0.2) is 14.4 Å². The molecule has 0 N–H and O–H groups in total. The van der Waals surface area contributed by atoms with Gasteiger partial charge in [0.2, 0.25) is 0 Å². The summed E-state index contributed by atoms with van der Waals surface area (Å²) < 4.78 is 2.53. The molecule has 260 valence electrons. The number of hydrogen-bond donors (Lipinski definition) is 0. The van der Waals surface area contributed by atoms with Crippen molar-refractivity contribution in [2.75, 3.05) is 0 Å². The maximum atomic E-state index is 5.47. The van der Waals surface area contributed by atoms with Crippen molar-refractivity contribution in [1.82, 2.24) is 14.4 Å². The van der Waals surface area contributed by atoms with E-state index in [1.807, 2.05) is 0 Å². The van der Waals surface area contributed by atoms with Crippen molar-refractivity contribution in [1.29, 1.82) is 0 Å². The van der Waals surface area contributed by atoms with Crippen LogP contribution in [0.15, 0.2) is 170 Å². The fourth-order valence-electron chi connectivity index (χ4n) is 10.3. The molecule has 0 spiro atoms. The zero-order chi connectivity index (χ0) is 36.5. The maximum absolute atomic E-state index is 5.47. The number of fused-ring (bicyclic) bond motifs is 15. The Labute approximate surface area is 322 Å². The van der Waals surface area contributed by atoms with Gasteiger partial charge in [-0.05, 0) is 97.4 Å². The number of para-hydroxylation sites is 2. The molecule has 1 unspecified atom stereocenters. The van der Waals surface area contributed by atoms with Crippen LogP contribution in [0.5, 0.6) is 0 Å². The van der Waals surface area contributed by atoms with Gasteiger partial charge in [-0.2, -0.15) is 0 Å². The molecular formula is C53H33N3. The lowest BCUT2D eigenvalue weighted by molar-refractivity contribution is 0.705. The number of aromatic nitrogens is 3. The van der Waals surface area contributed by atoms with E-state index in [1.165, 1.54) is 92.7 Å². The van der Waals surface area contributed by atoms with Gasteiger partial charge in [-0.1, -0.05) is 133 Å². The van der Waals surface area contributed by atoms with Gasteiger partial charge in [0.05, 0.1) is 27.8 Å². The zero-order valence-corrected chi connectivity index (χ0v) is 30.5. The van der Waals surface area contributed by atoms with Crippen LogP contribution in [0.2, 0.25) is 0 Å². The number of benzene rings is 9. The Morgan fingerprint density at radius 1 is 0.446 bits per heavy atom. The second-order valence-electron chi connectivity index (χ2n) is 15.6. The van der Waals surface area contributed by atoms with Crippen molar-refractivity contribution in [2.45, 2.75) is 18.8 Å². The number of hydrogen-bond acceptors (Lipinski definition) is 2. The standard InChI is InChI=1S/C53H33N3/c1-2-14-32-29-48-42(27-31(32)13-1)45-30-43-38(36-18-7-8-20-39(36)50(43)51-41-22-10-12-24-47(41)56(48)53(45)51)25-26-49-54-46-23-11-9-21-40(46)52(55-49)44-28-33-15-3-4-16-34(33)35-17-5-6-19-37(35)44/h1-24,27-30,38H,25-26H2. The van der Waals surface area contributed by atoms with Crippen molar-refractivity contribution in [2.24, 2.45) is 0 Å². The van der Waals surface area contributed by atoms with Crippen molar-refractivity contribution in [3.63, 3.8) is 0 Å². The van der Waals surface area contributed by atoms with Gasteiger partial charge in [0.15, 0.2) is 0 Å². The molecule has 0 aliphatic heterocycles. The van der Waals surface area contributed by atoms with Crippen molar-refractivity contribution in [3.8, 4) is 22.4 Å². The predicted molar refractivity (Wildman–Crippen MR) is 234 cm³/mol. The van der Waals surface area contributed by atoms with Crippen LogP contribution >= 0.6 is 0 Å². The first-order valence-electron chi connectivity index (χ1n) is 19.7. The third-order valence-corrected chi connectivity index (χ3v) is 12.7. The van der Waals surface area contributed by atoms with E-state index in [0.29, 0.717) is 0 Å². The fraction of sp³-hybridized carbons (Fsp3) is 0.0566. The third-order valence-electron chi connectivity index (χ3n) is 12.7. The fourth-order valence-corrected chi connectivity index (χ4v) is 10.3. The minimum absolute atomic E-state index is 0.216. The Morgan fingerprint density at radius 2 is 1.12 bits per heavy atom. The minimum Gasteiger partial charge on any atom is -0.308 e. The topological polar surface area (TPSA) is 30.2 Å². The lowest BCUT2D eigenvalue weighted by atomic mass is 9.90. The molecule has 12 aromatic rings. The summed E-state index contributed by atoms with van der Waals surface area (Å²) in [4.78, 5) is 10.7. The molecule has 0 amide bonds. The zero-order valence-electron chi connectivity index (χ0n) is 30.5. The van der Waals surface area contributed by atoms with Gasteiger partial charge in [-0.25, -0.2) is 9.97 Å². The molecule has 0 saturated heterocycles. The van der Waals surface area contributed by atoms with Crippen molar-refractivity contribution < 1.29 is 0 Å². The monoisotopic (exact) mass is 711 g/mol. The van der Waals surface area contributed by atoms with Crippen LogP contribution < -0.4 is 0 Å². The van der Waals surface area contributed by atoms with Crippen LogP contribution in [0.25, 0.3) is 104 Å². The smallest absolute Gasteiger partial charge is 0.129 e. The van der Waals surface area contributed by atoms with E-state index in [9.17, 15) is 0 Å². The first kappa shape index (κ1) is 30.3. The Bertz CT molecular complexity index is 3610. The van der Waals surface area contributed by atoms with Crippen LogP contribution in [0.1, 0.15) is 29.3 Å². The molecular weight excluding hydrogens is 679 g/mol. The summed E-state index contributed by atoms with van der Waals surface area (Å²) in [6.07, 6.45) is 1.67. The van der Waals surface area contributed by atoms with Gasteiger partial charge < -0.3 is 4.40 Å². The quantitative estimate of drug-likeness (QED) is 0.170. The number of nitrogens with zero attached hydrogens (tertiary/aromatic N) is 3.